The number of rotatable bonds is 6. The monoisotopic (exact) mass is 248 g/mol. The second kappa shape index (κ2) is 6.91. The first-order valence-electron chi connectivity index (χ1n) is 6.91. The van der Waals surface area contributed by atoms with Gasteiger partial charge in [0.1, 0.15) is 0 Å². The summed E-state index contributed by atoms with van der Waals surface area (Å²) in [6.45, 7) is 9.70. The van der Waals surface area contributed by atoms with Gasteiger partial charge in [0.05, 0.1) is 0 Å². The lowest BCUT2D eigenvalue weighted by atomic mass is 9.87. The SMILES string of the molecule is CN(CCCCN)Cc1ccc(C(C)(C)C)cc1. The van der Waals surface area contributed by atoms with Gasteiger partial charge in [0, 0.05) is 6.54 Å². The summed E-state index contributed by atoms with van der Waals surface area (Å²) < 4.78 is 0. The molecule has 0 aliphatic heterocycles. The van der Waals surface area contributed by atoms with Gasteiger partial charge in [0.15, 0.2) is 0 Å². The highest BCUT2D eigenvalue weighted by Gasteiger charge is 2.12. The summed E-state index contributed by atoms with van der Waals surface area (Å²) in [5.74, 6) is 0. The van der Waals surface area contributed by atoms with Crippen LogP contribution in [0.1, 0.15) is 44.7 Å². The van der Waals surface area contributed by atoms with E-state index >= 15 is 0 Å². The topological polar surface area (TPSA) is 29.3 Å². The molecular formula is C16H28N2. The molecule has 0 saturated carbocycles. The van der Waals surface area contributed by atoms with Gasteiger partial charge in [0.25, 0.3) is 0 Å². The van der Waals surface area contributed by atoms with E-state index in [-0.39, 0.29) is 5.41 Å². The number of hydrogen-bond acceptors (Lipinski definition) is 2. The Bertz CT molecular complexity index is 335. The fourth-order valence-electron chi connectivity index (χ4n) is 2.03. The molecule has 0 saturated heterocycles. The summed E-state index contributed by atoms with van der Waals surface area (Å²) in [4.78, 5) is 2.36. The summed E-state index contributed by atoms with van der Waals surface area (Å²) >= 11 is 0. The van der Waals surface area contributed by atoms with Gasteiger partial charge in [-0.15, -0.1) is 0 Å². The Labute approximate surface area is 112 Å². The highest BCUT2D eigenvalue weighted by molar-refractivity contribution is 5.27. The van der Waals surface area contributed by atoms with E-state index < -0.39 is 0 Å². The van der Waals surface area contributed by atoms with Crippen LogP contribution in [-0.4, -0.2) is 25.0 Å². The largest absolute Gasteiger partial charge is 0.330 e. The van der Waals surface area contributed by atoms with Crippen LogP contribution in [0.25, 0.3) is 0 Å². The predicted octanol–water partition coefficient (Wildman–Crippen LogP) is 3.15. The maximum atomic E-state index is 5.51. The van der Waals surface area contributed by atoms with Crippen molar-refractivity contribution >= 4 is 0 Å². The van der Waals surface area contributed by atoms with E-state index in [0.717, 1.165) is 26.1 Å². The van der Waals surface area contributed by atoms with Crippen molar-refractivity contribution in [2.75, 3.05) is 20.1 Å². The van der Waals surface area contributed by atoms with E-state index in [1.165, 1.54) is 17.5 Å². The van der Waals surface area contributed by atoms with Crippen LogP contribution in [0.4, 0.5) is 0 Å². The molecule has 0 spiro atoms. The first kappa shape index (κ1) is 15.2. The molecule has 102 valence electrons. The highest BCUT2D eigenvalue weighted by atomic mass is 15.1. The van der Waals surface area contributed by atoms with E-state index in [1.54, 1.807) is 0 Å². The molecular weight excluding hydrogens is 220 g/mol. The first-order chi connectivity index (χ1) is 8.43. The van der Waals surface area contributed by atoms with Crippen molar-refractivity contribution in [3.05, 3.63) is 35.4 Å². The average molecular weight is 248 g/mol. The maximum Gasteiger partial charge on any atom is 0.0230 e. The van der Waals surface area contributed by atoms with Gasteiger partial charge in [0.2, 0.25) is 0 Å². The molecule has 0 heterocycles. The molecule has 0 bridgehead atoms. The van der Waals surface area contributed by atoms with Gasteiger partial charge >= 0.3 is 0 Å². The third-order valence-electron chi connectivity index (χ3n) is 3.27. The molecule has 18 heavy (non-hydrogen) atoms. The normalized spacial score (nSPS) is 12.1. The van der Waals surface area contributed by atoms with Crippen molar-refractivity contribution < 1.29 is 0 Å². The van der Waals surface area contributed by atoms with E-state index in [1.807, 2.05) is 0 Å². The highest BCUT2D eigenvalue weighted by Crippen LogP contribution is 2.22. The zero-order valence-corrected chi connectivity index (χ0v) is 12.4. The smallest absolute Gasteiger partial charge is 0.0230 e. The Balaban J connectivity index is 2.48. The van der Waals surface area contributed by atoms with Gasteiger partial charge in [-0.2, -0.15) is 0 Å². The van der Waals surface area contributed by atoms with Crippen molar-refractivity contribution in [3.8, 4) is 0 Å². The molecule has 1 rings (SSSR count). The fraction of sp³-hybridized carbons (Fsp3) is 0.625. The van der Waals surface area contributed by atoms with E-state index in [0.29, 0.717) is 0 Å². The molecule has 2 heteroatoms. The number of nitrogens with zero attached hydrogens (tertiary/aromatic N) is 1. The van der Waals surface area contributed by atoms with Gasteiger partial charge < -0.3 is 10.6 Å². The van der Waals surface area contributed by atoms with Crippen LogP contribution in [-0.2, 0) is 12.0 Å². The molecule has 0 aliphatic rings. The lowest BCUT2D eigenvalue weighted by molar-refractivity contribution is 0.319. The van der Waals surface area contributed by atoms with E-state index in [2.05, 4.69) is 57.0 Å². The predicted molar refractivity (Wildman–Crippen MR) is 79.8 cm³/mol. The first-order valence-corrected chi connectivity index (χ1v) is 6.91. The van der Waals surface area contributed by atoms with Crippen LogP contribution < -0.4 is 5.73 Å². The molecule has 0 fully saturated rings. The van der Waals surface area contributed by atoms with Crippen LogP contribution in [0.2, 0.25) is 0 Å². The molecule has 2 N–H and O–H groups in total. The standard InChI is InChI=1S/C16H28N2/c1-16(2,3)15-9-7-14(8-10-15)13-18(4)12-6-5-11-17/h7-10H,5-6,11-13,17H2,1-4H3. The van der Waals surface area contributed by atoms with E-state index in [4.69, 9.17) is 5.73 Å². The summed E-state index contributed by atoms with van der Waals surface area (Å²) in [5, 5.41) is 0. The van der Waals surface area contributed by atoms with Crippen LogP contribution in [0.3, 0.4) is 0 Å². The quantitative estimate of drug-likeness (QED) is 0.784. The minimum absolute atomic E-state index is 0.242. The summed E-state index contributed by atoms with van der Waals surface area (Å²) in [6.07, 6.45) is 2.31. The molecule has 1 aromatic carbocycles. The van der Waals surface area contributed by atoms with Crippen molar-refractivity contribution in [2.45, 2.75) is 45.6 Å². The summed E-state index contributed by atoms with van der Waals surface area (Å²) in [6, 6.07) is 9.01. The average Bonchev–Trinajstić information content (AvgIpc) is 2.29. The van der Waals surface area contributed by atoms with E-state index in [9.17, 15) is 0 Å². The number of nitrogens with two attached hydrogens (primary N) is 1. The number of hydrogen-bond donors (Lipinski definition) is 1. The van der Waals surface area contributed by atoms with Gasteiger partial charge in [-0.25, -0.2) is 0 Å². The van der Waals surface area contributed by atoms with Crippen LogP contribution in [0.5, 0.6) is 0 Å². The third-order valence-corrected chi connectivity index (χ3v) is 3.27. The lowest BCUT2D eigenvalue weighted by Gasteiger charge is -2.20. The molecule has 0 amide bonds. The Kier molecular flexibility index (Phi) is 5.83. The summed E-state index contributed by atoms with van der Waals surface area (Å²) in [5.41, 5.74) is 8.54. The maximum absolute atomic E-state index is 5.51. The van der Waals surface area contributed by atoms with Crippen LogP contribution >= 0.6 is 0 Å². The van der Waals surface area contributed by atoms with Crippen molar-refractivity contribution in [1.82, 2.24) is 4.90 Å². The van der Waals surface area contributed by atoms with Gasteiger partial charge in [-0.1, -0.05) is 45.0 Å². The van der Waals surface area contributed by atoms with Gasteiger partial charge in [-0.05, 0) is 49.5 Å². The molecule has 1 aromatic rings. The summed E-state index contributed by atoms with van der Waals surface area (Å²) in [7, 11) is 2.17. The second-order valence-corrected chi connectivity index (χ2v) is 6.18. The molecule has 0 radical (unpaired) electrons. The minimum Gasteiger partial charge on any atom is -0.330 e. The van der Waals surface area contributed by atoms with Crippen LogP contribution in [0.15, 0.2) is 24.3 Å². The molecule has 0 atom stereocenters. The fourth-order valence-corrected chi connectivity index (χ4v) is 2.03. The zero-order chi connectivity index (χ0) is 13.6. The third kappa shape index (κ3) is 5.19. The Morgan fingerprint density at radius 2 is 1.67 bits per heavy atom. The molecule has 0 unspecified atom stereocenters. The van der Waals surface area contributed by atoms with Crippen LogP contribution in [0, 0.1) is 0 Å². The second-order valence-electron chi connectivity index (χ2n) is 6.18. The Hall–Kier alpha value is -0.860. The number of benzene rings is 1. The molecule has 0 aromatic heterocycles. The van der Waals surface area contributed by atoms with Crippen molar-refractivity contribution in [3.63, 3.8) is 0 Å². The zero-order valence-electron chi connectivity index (χ0n) is 12.4. The van der Waals surface area contributed by atoms with Gasteiger partial charge in [-0.3, -0.25) is 0 Å². The minimum atomic E-state index is 0.242. The van der Waals surface area contributed by atoms with Crippen molar-refractivity contribution in [2.24, 2.45) is 5.73 Å². The Morgan fingerprint density at radius 3 is 2.17 bits per heavy atom. The Morgan fingerprint density at radius 1 is 1.06 bits per heavy atom. The lowest BCUT2D eigenvalue weighted by Crippen LogP contribution is -2.20. The van der Waals surface area contributed by atoms with Crippen molar-refractivity contribution in [1.29, 1.82) is 0 Å². The number of unbranched alkanes of at least 4 members (excludes halogenated alkanes) is 1. The molecule has 2 nitrogen and oxygen atoms in total. The molecule has 0 aliphatic carbocycles.